The number of carbonyl (C=O) groups is 1. The fourth-order valence-electron chi connectivity index (χ4n) is 1.59. The Morgan fingerprint density at radius 1 is 1.42 bits per heavy atom. The molecule has 0 spiro atoms. The molecule has 0 saturated carbocycles. The van der Waals surface area contributed by atoms with Crippen molar-refractivity contribution < 1.29 is 4.79 Å². The summed E-state index contributed by atoms with van der Waals surface area (Å²) in [7, 11) is 0. The first-order valence-corrected chi connectivity index (χ1v) is 8.26. The van der Waals surface area contributed by atoms with E-state index >= 15 is 0 Å². The number of thiophene rings is 1. The molecule has 2 heterocycles. The Kier molecular flexibility index (Phi) is 5.59. The van der Waals surface area contributed by atoms with Gasteiger partial charge in [-0.2, -0.15) is 0 Å². The summed E-state index contributed by atoms with van der Waals surface area (Å²) in [6.07, 6.45) is 7.50. The number of amides is 1. The number of nitrogens with zero attached hydrogens (tertiary/aromatic N) is 2. The molecule has 0 saturated heterocycles. The van der Waals surface area contributed by atoms with Crippen molar-refractivity contribution in [3.8, 4) is 0 Å². The van der Waals surface area contributed by atoms with Crippen molar-refractivity contribution in [1.82, 2.24) is 14.9 Å². The molecule has 19 heavy (non-hydrogen) atoms. The van der Waals surface area contributed by atoms with Gasteiger partial charge in [0.1, 0.15) is 0 Å². The summed E-state index contributed by atoms with van der Waals surface area (Å²) in [6.45, 7) is 1.63. The molecule has 102 valence electrons. The minimum Gasteiger partial charge on any atom is -0.351 e. The van der Waals surface area contributed by atoms with Crippen LogP contribution in [-0.4, -0.2) is 22.0 Å². The normalized spacial score (nSPS) is 10.6. The first-order chi connectivity index (χ1) is 9.16. The Bertz CT molecular complexity index is 520. The minimum atomic E-state index is -0.0148. The minimum absolute atomic E-state index is 0.0148. The van der Waals surface area contributed by atoms with Gasteiger partial charge in [-0.1, -0.05) is 0 Å². The molecule has 0 aliphatic carbocycles. The highest BCUT2D eigenvalue weighted by molar-refractivity contribution is 9.13. The van der Waals surface area contributed by atoms with Crippen LogP contribution < -0.4 is 5.32 Å². The van der Waals surface area contributed by atoms with Gasteiger partial charge in [0.05, 0.1) is 15.0 Å². The zero-order valence-corrected chi connectivity index (χ0v) is 14.1. The van der Waals surface area contributed by atoms with Gasteiger partial charge in [-0.15, -0.1) is 11.3 Å². The van der Waals surface area contributed by atoms with E-state index in [0.29, 0.717) is 11.4 Å². The van der Waals surface area contributed by atoms with Crippen LogP contribution in [0.3, 0.4) is 0 Å². The van der Waals surface area contributed by atoms with Crippen molar-refractivity contribution in [1.29, 1.82) is 0 Å². The van der Waals surface area contributed by atoms with Gasteiger partial charge < -0.3 is 9.88 Å². The Morgan fingerprint density at radius 3 is 2.89 bits per heavy atom. The van der Waals surface area contributed by atoms with Gasteiger partial charge in [0.15, 0.2) is 0 Å². The monoisotopic (exact) mass is 405 g/mol. The molecule has 1 N–H and O–H groups in total. The molecule has 2 rings (SSSR count). The molecule has 4 nitrogen and oxygen atoms in total. The van der Waals surface area contributed by atoms with Gasteiger partial charge in [0.25, 0.3) is 5.91 Å². The summed E-state index contributed by atoms with van der Waals surface area (Å²) in [4.78, 5) is 16.5. The lowest BCUT2D eigenvalue weighted by Gasteiger charge is -2.04. The van der Waals surface area contributed by atoms with Crippen molar-refractivity contribution in [2.75, 3.05) is 6.54 Å². The van der Waals surface area contributed by atoms with Gasteiger partial charge in [-0.3, -0.25) is 4.79 Å². The second-order valence-electron chi connectivity index (χ2n) is 4.00. The summed E-state index contributed by atoms with van der Waals surface area (Å²) < 4.78 is 3.90. The third-order valence-electron chi connectivity index (χ3n) is 2.56. The highest BCUT2D eigenvalue weighted by atomic mass is 79.9. The van der Waals surface area contributed by atoms with Crippen LogP contribution in [0.5, 0.6) is 0 Å². The van der Waals surface area contributed by atoms with Gasteiger partial charge in [-0.05, 0) is 50.8 Å². The van der Waals surface area contributed by atoms with Crippen LogP contribution in [0.15, 0.2) is 33.0 Å². The molecule has 2 aromatic rings. The zero-order valence-electron chi connectivity index (χ0n) is 10.1. The quantitative estimate of drug-likeness (QED) is 0.743. The standard InChI is InChI=1S/C12H13Br2N3OS/c13-9-7-10(19-11(9)14)12(18)16-3-1-2-5-17-6-4-15-8-17/h4,6-8H,1-3,5H2,(H,16,18). The number of nitrogens with one attached hydrogen (secondary N) is 1. The summed E-state index contributed by atoms with van der Waals surface area (Å²) in [6, 6.07) is 1.83. The smallest absolute Gasteiger partial charge is 0.261 e. The highest BCUT2D eigenvalue weighted by Gasteiger charge is 2.11. The Hall–Kier alpha value is -0.660. The second kappa shape index (κ2) is 7.21. The van der Waals surface area contributed by atoms with E-state index in [2.05, 4.69) is 42.2 Å². The zero-order chi connectivity index (χ0) is 13.7. The third kappa shape index (κ3) is 4.43. The first kappa shape index (κ1) is 14.7. The van der Waals surface area contributed by atoms with Crippen molar-refractivity contribution in [2.24, 2.45) is 0 Å². The fourth-order valence-corrected chi connectivity index (χ4v) is 3.54. The predicted octanol–water partition coefficient (Wildman–Crippen LogP) is 3.68. The van der Waals surface area contributed by atoms with Gasteiger partial charge >= 0.3 is 0 Å². The second-order valence-corrected chi connectivity index (χ2v) is 7.22. The molecule has 0 atom stereocenters. The van der Waals surface area contributed by atoms with Crippen molar-refractivity contribution in [3.05, 3.63) is 37.9 Å². The Morgan fingerprint density at radius 2 is 2.26 bits per heavy atom. The largest absolute Gasteiger partial charge is 0.351 e. The van der Waals surface area contributed by atoms with Crippen LogP contribution in [0.4, 0.5) is 0 Å². The average molecular weight is 407 g/mol. The molecule has 0 fully saturated rings. The number of imidazole rings is 1. The van der Waals surface area contributed by atoms with Crippen LogP contribution in [0.25, 0.3) is 0 Å². The van der Waals surface area contributed by atoms with Crippen molar-refractivity contribution >= 4 is 49.1 Å². The molecule has 0 unspecified atom stereocenters. The number of hydrogen-bond donors (Lipinski definition) is 1. The lowest BCUT2D eigenvalue weighted by Crippen LogP contribution is -2.23. The lowest BCUT2D eigenvalue weighted by molar-refractivity contribution is 0.0957. The van der Waals surface area contributed by atoms with Crippen LogP contribution in [-0.2, 0) is 6.54 Å². The van der Waals surface area contributed by atoms with E-state index in [1.54, 1.807) is 12.5 Å². The molecule has 0 aliphatic heterocycles. The van der Waals surface area contributed by atoms with E-state index < -0.39 is 0 Å². The Balaban J connectivity index is 1.66. The number of aryl methyl sites for hydroxylation is 1. The molecule has 0 aromatic carbocycles. The van der Waals surface area contributed by atoms with Gasteiger partial charge in [-0.25, -0.2) is 4.98 Å². The van der Waals surface area contributed by atoms with Crippen LogP contribution in [0.1, 0.15) is 22.5 Å². The predicted molar refractivity (Wildman–Crippen MR) is 83.5 cm³/mol. The maximum atomic E-state index is 11.8. The third-order valence-corrected chi connectivity index (χ3v) is 5.81. The number of aromatic nitrogens is 2. The number of carbonyl (C=O) groups excluding carboxylic acids is 1. The first-order valence-electron chi connectivity index (χ1n) is 5.85. The average Bonchev–Trinajstić information content (AvgIpc) is 3.00. The van der Waals surface area contributed by atoms with E-state index in [-0.39, 0.29) is 5.91 Å². The summed E-state index contributed by atoms with van der Waals surface area (Å²) in [5, 5.41) is 2.92. The van der Waals surface area contributed by atoms with Gasteiger partial charge in [0.2, 0.25) is 0 Å². The van der Waals surface area contributed by atoms with E-state index in [1.807, 2.05) is 16.8 Å². The fraction of sp³-hybridized carbons (Fsp3) is 0.333. The maximum absolute atomic E-state index is 11.8. The summed E-state index contributed by atoms with van der Waals surface area (Å²) in [5.41, 5.74) is 0. The number of halogens is 2. The Labute approximate surface area is 132 Å². The summed E-state index contributed by atoms with van der Waals surface area (Å²) >= 11 is 8.19. The molecule has 0 radical (unpaired) electrons. The van der Waals surface area contributed by atoms with Crippen LogP contribution in [0.2, 0.25) is 0 Å². The number of hydrogen-bond acceptors (Lipinski definition) is 3. The molecule has 0 bridgehead atoms. The van der Waals surface area contributed by atoms with Crippen molar-refractivity contribution in [2.45, 2.75) is 19.4 Å². The molecule has 1 amide bonds. The van der Waals surface area contributed by atoms with Crippen molar-refractivity contribution in [3.63, 3.8) is 0 Å². The lowest BCUT2D eigenvalue weighted by atomic mass is 10.3. The number of rotatable bonds is 6. The maximum Gasteiger partial charge on any atom is 0.261 e. The molecular weight excluding hydrogens is 394 g/mol. The molecule has 0 aliphatic rings. The molecule has 2 aromatic heterocycles. The number of unbranched alkanes of at least 4 members (excludes halogenated alkanes) is 1. The topological polar surface area (TPSA) is 46.9 Å². The van der Waals surface area contributed by atoms with Gasteiger partial charge in [0, 0.05) is 30.0 Å². The van der Waals surface area contributed by atoms with E-state index in [1.165, 1.54) is 11.3 Å². The van der Waals surface area contributed by atoms with E-state index in [9.17, 15) is 4.79 Å². The van der Waals surface area contributed by atoms with E-state index in [0.717, 1.165) is 27.6 Å². The van der Waals surface area contributed by atoms with E-state index in [4.69, 9.17) is 0 Å². The molecular formula is C12H13Br2N3OS. The summed E-state index contributed by atoms with van der Waals surface area (Å²) in [5.74, 6) is -0.0148. The highest BCUT2D eigenvalue weighted by Crippen LogP contribution is 2.32. The van der Waals surface area contributed by atoms with Crippen LogP contribution >= 0.6 is 43.2 Å². The van der Waals surface area contributed by atoms with Crippen LogP contribution in [0, 0.1) is 0 Å². The molecule has 7 heteroatoms. The SMILES string of the molecule is O=C(NCCCCn1ccnc1)c1cc(Br)c(Br)s1.